The number of carbonyl (C=O) groups excluding carboxylic acids is 1. The third-order valence-electron chi connectivity index (χ3n) is 4.33. The molecule has 9 heteroatoms. The second kappa shape index (κ2) is 9.96. The van der Waals surface area contributed by atoms with E-state index in [1.807, 2.05) is 6.07 Å². The van der Waals surface area contributed by atoms with E-state index in [1.165, 1.54) is 0 Å². The van der Waals surface area contributed by atoms with E-state index in [2.05, 4.69) is 0 Å². The van der Waals surface area contributed by atoms with Crippen molar-refractivity contribution in [3.8, 4) is 0 Å². The SMILES string of the molecule is O=C(OCc1ccccc1)[C@@H](Cc1ccccc1)OS(=O)(=O)c1ccc([N+](=O)[O-])cc1. The van der Waals surface area contributed by atoms with E-state index < -0.39 is 27.1 Å². The summed E-state index contributed by atoms with van der Waals surface area (Å²) in [5.41, 5.74) is 1.16. The minimum Gasteiger partial charge on any atom is -0.459 e. The van der Waals surface area contributed by atoms with Crippen molar-refractivity contribution in [1.82, 2.24) is 0 Å². The first-order chi connectivity index (χ1) is 14.8. The standard InChI is InChI=1S/C22H19NO7S/c24-22(29-16-18-9-5-2-6-10-18)21(15-17-7-3-1-4-8-17)30-31(27,28)20-13-11-19(12-14-20)23(25)26/h1-14,21H,15-16H2/t21-/m1/s1. The summed E-state index contributed by atoms with van der Waals surface area (Å²) in [7, 11) is -4.37. The molecular formula is C22H19NO7S. The zero-order valence-electron chi connectivity index (χ0n) is 16.3. The van der Waals surface area contributed by atoms with Crippen LogP contribution in [0.3, 0.4) is 0 Å². The van der Waals surface area contributed by atoms with Crippen LogP contribution < -0.4 is 0 Å². The van der Waals surface area contributed by atoms with Crippen LogP contribution in [-0.2, 0) is 36.9 Å². The lowest BCUT2D eigenvalue weighted by atomic mass is 10.1. The van der Waals surface area contributed by atoms with E-state index >= 15 is 0 Å². The summed E-state index contributed by atoms with van der Waals surface area (Å²) in [5.74, 6) is -0.835. The summed E-state index contributed by atoms with van der Waals surface area (Å²) in [6, 6.07) is 21.9. The molecule has 0 amide bonds. The normalized spacial score (nSPS) is 12.1. The largest absolute Gasteiger partial charge is 0.459 e. The molecule has 8 nitrogen and oxygen atoms in total. The van der Waals surface area contributed by atoms with Crippen molar-refractivity contribution in [2.24, 2.45) is 0 Å². The molecule has 0 bridgehead atoms. The molecular weight excluding hydrogens is 422 g/mol. The van der Waals surface area contributed by atoms with E-state index in [0.717, 1.165) is 29.8 Å². The van der Waals surface area contributed by atoms with Gasteiger partial charge in [-0.2, -0.15) is 8.42 Å². The molecule has 0 N–H and O–H groups in total. The Bertz CT molecular complexity index is 1130. The number of hydrogen-bond donors (Lipinski definition) is 0. The van der Waals surface area contributed by atoms with Crippen LogP contribution in [0, 0.1) is 10.1 Å². The Kier molecular flexibility index (Phi) is 7.11. The fourth-order valence-corrected chi connectivity index (χ4v) is 3.78. The number of nitro benzene ring substituents is 1. The predicted octanol–water partition coefficient (Wildman–Crippen LogP) is 3.65. The summed E-state index contributed by atoms with van der Waals surface area (Å²) >= 11 is 0. The van der Waals surface area contributed by atoms with Gasteiger partial charge in [-0.15, -0.1) is 0 Å². The van der Waals surface area contributed by atoms with E-state index in [-0.39, 0.29) is 23.6 Å². The van der Waals surface area contributed by atoms with Crippen LogP contribution in [-0.4, -0.2) is 25.4 Å². The first-order valence-corrected chi connectivity index (χ1v) is 10.7. The Morgan fingerprint density at radius 2 is 1.42 bits per heavy atom. The minimum atomic E-state index is -4.37. The summed E-state index contributed by atoms with van der Waals surface area (Å²) in [4.78, 5) is 22.5. The number of non-ortho nitro benzene ring substituents is 1. The number of carbonyl (C=O) groups is 1. The second-order valence-corrected chi connectivity index (χ2v) is 8.15. The smallest absolute Gasteiger partial charge is 0.337 e. The van der Waals surface area contributed by atoms with Crippen LogP contribution in [0.4, 0.5) is 5.69 Å². The molecule has 0 unspecified atom stereocenters. The molecule has 0 aliphatic carbocycles. The molecule has 0 spiro atoms. The van der Waals surface area contributed by atoms with Crippen LogP contribution >= 0.6 is 0 Å². The van der Waals surface area contributed by atoms with Crippen LogP contribution in [0.1, 0.15) is 11.1 Å². The van der Waals surface area contributed by atoms with Crippen molar-refractivity contribution in [3.63, 3.8) is 0 Å². The van der Waals surface area contributed by atoms with Crippen molar-refractivity contribution in [3.05, 3.63) is 106 Å². The molecule has 0 saturated heterocycles. The average molecular weight is 441 g/mol. The van der Waals surface area contributed by atoms with Gasteiger partial charge in [-0.3, -0.25) is 14.3 Å². The first-order valence-electron chi connectivity index (χ1n) is 9.27. The molecule has 3 rings (SSSR count). The molecule has 3 aromatic rings. The highest BCUT2D eigenvalue weighted by atomic mass is 32.2. The number of benzene rings is 3. The van der Waals surface area contributed by atoms with Gasteiger partial charge in [-0.25, -0.2) is 4.79 Å². The maximum Gasteiger partial charge on any atom is 0.337 e. The molecule has 1 atom stereocenters. The lowest BCUT2D eigenvalue weighted by Crippen LogP contribution is -2.31. The maximum atomic E-state index is 12.7. The van der Waals surface area contributed by atoms with Gasteiger partial charge in [0.15, 0.2) is 6.10 Å². The lowest BCUT2D eigenvalue weighted by molar-refractivity contribution is -0.384. The third-order valence-corrected chi connectivity index (χ3v) is 5.66. The van der Waals surface area contributed by atoms with Gasteiger partial charge in [0.2, 0.25) is 0 Å². The topological polar surface area (TPSA) is 113 Å². The van der Waals surface area contributed by atoms with Gasteiger partial charge >= 0.3 is 5.97 Å². The first kappa shape index (κ1) is 22.1. The Labute approximate surface area is 179 Å². The summed E-state index contributed by atoms with van der Waals surface area (Å²) in [5, 5.41) is 10.8. The maximum absolute atomic E-state index is 12.7. The number of ether oxygens (including phenoxy) is 1. The van der Waals surface area contributed by atoms with Crippen molar-refractivity contribution >= 4 is 21.8 Å². The van der Waals surface area contributed by atoms with Crippen molar-refractivity contribution in [1.29, 1.82) is 0 Å². The molecule has 3 aromatic carbocycles. The molecule has 0 fully saturated rings. The van der Waals surface area contributed by atoms with Crippen molar-refractivity contribution < 1.29 is 27.1 Å². The fraction of sp³-hybridized carbons (Fsp3) is 0.136. The van der Waals surface area contributed by atoms with E-state index in [1.54, 1.807) is 54.6 Å². The van der Waals surface area contributed by atoms with E-state index in [9.17, 15) is 23.3 Å². The second-order valence-electron chi connectivity index (χ2n) is 6.57. The average Bonchev–Trinajstić information content (AvgIpc) is 2.78. The van der Waals surface area contributed by atoms with Crippen LogP contribution in [0.25, 0.3) is 0 Å². The van der Waals surface area contributed by atoms with Crippen molar-refractivity contribution in [2.75, 3.05) is 0 Å². The van der Waals surface area contributed by atoms with E-state index in [4.69, 9.17) is 8.92 Å². The number of nitrogens with zero attached hydrogens (tertiary/aromatic N) is 1. The molecule has 160 valence electrons. The Morgan fingerprint density at radius 1 is 0.871 bits per heavy atom. The zero-order chi connectivity index (χ0) is 22.3. The van der Waals surface area contributed by atoms with Crippen LogP contribution in [0.2, 0.25) is 0 Å². The summed E-state index contributed by atoms with van der Waals surface area (Å²) < 4.78 is 35.9. The Balaban J connectivity index is 1.79. The van der Waals surface area contributed by atoms with E-state index in [0.29, 0.717) is 5.56 Å². The lowest BCUT2D eigenvalue weighted by Gasteiger charge is -2.17. The highest BCUT2D eigenvalue weighted by molar-refractivity contribution is 7.86. The zero-order valence-corrected chi connectivity index (χ0v) is 17.1. The molecule has 0 saturated carbocycles. The molecule has 0 heterocycles. The monoisotopic (exact) mass is 441 g/mol. The van der Waals surface area contributed by atoms with Gasteiger partial charge in [0.1, 0.15) is 6.61 Å². The number of rotatable bonds is 9. The van der Waals surface area contributed by atoms with Gasteiger partial charge < -0.3 is 4.74 Å². The number of esters is 1. The molecule has 0 aliphatic rings. The quantitative estimate of drug-likeness (QED) is 0.215. The Morgan fingerprint density at radius 3 is 1.97 bits per heavy atom. The fourth-order valence-electron chi connectivity index (χ4n) is 2.75. The molecule has 31 heavy (non-hydrogen) atoms. The Hall–Kier alpha value is -3.56. The van der Waals surface area contributed by atoms with Gasteiger partial charge in [-0.1, -0.05) is 60.7 Å². The highest BCUT2D eigenvalue weighted by Crippen LogP contribution is 2.21. The molecule has 0 aromatic heterocycles. The van der Waals surface area contributed by atoms with Gasteiger partial charge in [-0.05, 0) is 23.3 Å². The number of hydrogen-bond acceptors (Lipinski definition) is 7. The van der Waals surface area contributed by atoms with Gasteiger partial charge in [0.25, 0.3) is 15.8 Å². The van der Waals surface area contributed by atoms with Crippen LogP contribution in [0.15, 0.2) is 89.8 Å². The summed E-state index contributed by atoms with van der Waals surface area (Å²) in [6.45, 7) is -0.0358. The summed E-state index contributed by atoms with van der Waals surface area (Å²) in [6.07, 6.45) is -1.45. The van der Waals surface area contributed by atoms with Gasteiger partial charge in [0.05, 0.1) is 9.82 Å². The minimum absolute atomic E-state index is 0.0271. The number of nitro groups is 1. The van der Waals surface area contributed by atoms with Crippen molar-refractivity contribution in [2.45, 2.75) is 24.0 Å². The predicted molar refractivity (Wildman–Crippen MR) is 112 cm³/mol. The van der Waals surface area contributed by atoms with Gasteiger partial charge in [0, 0.05) is 18.6 Å². The van der Waals surface area contributed by atoms with Crippen LogP contribution in [0.5, 0.6) is 0 Å². The third kappa shape index (κ3) is 6.21. The highest BCUT2D eigenvalue weighted by Gasteiger charge is 2.29. The molecule has 0 radical (unpaired) electrons. The molecule has 0 aliphatic heterocycles.